The first-order chi connectivity index (χ1) is 9.71. The molecule has 2 heteroatoms. The summed E-state index contributed by atoms with van der Waals surface area (Å²) in [5.41, 5.74) is 4.54. The number of thiophene rings is 1. The maximum atomic E-state index is 3.62. The zero-order valence-corrected chi connectivity index (χ0v) is 15.4. The number of hydrogen-bond acceptors (Lipinski definition) is 2. The highest BCUT2D eigenvalue weighted by atomic mass is 32.1. The van der Waals surface area contributed by atoms with Crippen molar-refractivity contribution in [2.75, 3.05) is 6.54 Å². The normalized spacial score (nSPS) is 12.6. The fraction of sp³-hybridized carbons (Fsp3) is 0.579. The van der Waals surface area contributed by atoms with E-state index in [9.17, 15) is 0 Å². The minimum absolute atomic E-state index is 0.186. The van der Waals surface area contributed by atoms with E-state index in [1.54, 1.807) is 5.56 Å². The molecule has 0 aliphatic heterocycles. The van der Waals surface area contributed by atoms with Gasteiger partial charge in [-0.3, -0.25) is 0 Å². The predicted molar refractivity (Wildman–Crippen MR) is 96.5 cm³/mol. The molecule has 1 N–H and O–H groups in total. The van der Waals surface area contributed by atoms with E-state index in [1.165, 1.54) is 26.1 Å². The monoisotopic (exact) mass is 303 g/mol. The van der Waals surface area contributed by atoms with Gasteiger partial charge in [-0.1, -0.05) is 46.8 Å². The Hall–Kier alpha value is -0.860. The molecule has 0 saturated heterocycles. The van der Waals surface area contributed by atoms with Gasteiger partial charge in [-0.2, -0.15) is 0 Å². The van der Waals surface area contributed by atoms with E-state index in [1.807, 2.05) is 11.3 Å². The molecule has 0 aliphatic carbocycles. The van der Waals surface area contributed by atoms with Gasteiger partial charge in [-0.15, -0.1) is 11.3 Å². The minimum atomic E-state index is 0.186. The third kappa shape index (κ3) is 3.49. The standard InChI is InChI=1S/C19H29NS/c1-12(2)10-20-11-15-17(19(5,6)7)16-13(3)8-9-14(4)18(16)21-15/h8-9,12,20H,10-11H2,1-7H3. The van der Waals surface area contributed by atoms with Gasteiger partial charge in [0.25, 0.3) is 0 Å². The van der Waals surface area contributed by atoms with Crippen LogP contribution in [0.25, 0.3) is 10.1 Å². The Labute approximate surface area is 133 Å². The second kappa shape index (κ2) is 6.10. The fourth-order valence-electron chi connectivity index (χ4n) is 2.93. The summed E-state index contributed by atoms with van der Waals surface area (Å²) in [5, 5.41) is 5.12. The number of aryl methyl sites for hydroxylation is 2. The highest BCUT2D eigenvalue weighted by molar-refractivity contribution is 7.19. The van der Waals surface area contributed by atoms with E-state index in [2.05, 4.69) is 65.9 Å². The first-order valence-corrected chi connectivity index (χ1v) is 8.76. The molecule has 1 heterocycles. The van der Waals surface area contributed by atoms with Gasteiger partial charge in [-0.25, -0.2) is 0 Å². The lowest BCUT2D eigenvalue weighted by Crippen LogP contribution is -2.21. The van der Waals surface area contributed by atoms with Crippen LogP contribution in [0.4, 0.5) is 0 Å². The molecule has 2 aromatic rings. The lowest BCUT2D eigenvalue weighted by atomic mass is 9.83. The highest BCUT2D eigenvalue weighted by Gasteiger charge is 2.25. The molecule has 116 valence electrons. The summed E-state index contributed by atoms with van der Waals surface area (Å²) < 4.78 is 1.47. The average Bonchev–Trinajstić information content (AvgIpc) is 2.74. The Bertz CT molecular complexity index is 629. The number of rotatable bonds is 4. The zero-order chi connectivity index (χ0) is 15.8. The Morgan fingerprint density at radius 1 is 1.10 bits per heavy atom. The second-order valence-electron chi connectivity index (χ2n) is 7.58. The summed E-state index contributed by atoms with van der Waals surface area (Å²) >= 11 is 1.98. The molecule has 1 aromatic carbocycles. The molecule has 1 nitrogen and oxygen atoms in total. The first-order valence-electron chi connectivity index (χ1n) is 7.94. The van der Waals surface area contributed by atoms with Crippen molar-refractivity contribution in [2.45, 2.75) is 60.4 Å². The van der Waals surface area contributed by atoms with Crippen LogP contribution in [0.15, 0.2) is 12.1 Å². The molecule has 0 saturated carbocycles. The number of benzene rings is 1. The van der Waals surface area contributed by atoms with Gasteiger partial charge in [-0.05, 0) is 53.8 Å². The smallest absolute Gasteiger partial charge is 0.0381 e. The summed E-state index contributed by atoms with van der Waals surface area (Å²) in [7, 11) is 0. The van der Waals surface area contributed by atoms with Crippen molar-refractivity contribution in [3.05, 3.63) is 33.7 Å². The van der Waals surface area contributed by atoms with Crippen LogP contribution < -0.4 is 5.32 Å². The van der Waals surface area contributed by atoms with Crippen LogP contribution >= 0.6 is 11.3 Å². The molecular weight excluding hydrogens is 274 g/mol. The maximum absolute atomic E-state index is 3.62. The van der Waals surface area contributed by atoms with Crippen molar-refractivity contribution >= 4 is 21.4 Å². The van der Waals surface area contributed by atoms with Crippen LogP contribution in [0.2, 0.25) is 0 Å². The molecule has 1 aromatic heterocycles. The van der Waals surface area contributed by atoms with Gasteiger partial charge in [0.15, 0.2) is 0 Å². The highest BCUT2D eigenvalue weighted by Crippen LogP contribution is 2.41. The van der Waals surface area contributed by atoms with Gasteiger partial charge < -0.3 is 5.32 Å². The third-order valence-electron chi connectivity index (χ3n) is 3.91. The number of nitrogens with one attached hydrogen (secondary N) is 1. The van der Waals surface area contributed by atoms with Gasteiger partial charge in [0, 0.05) is 16.1 Å². The number of hydrogen-bond donors (Lipinski definition) is 1. The summed E-state index contributed by atoms with van der Waals surface area (Å²) in [5.74, 6) is 0.695. The quantitative estimate of drug-likeness (QED) is 0.779. The van der Waals surface area contributed by atoms with Crippen molar-refractivity contribution in [3.8, 4) is 0 Å². The van der Waals surface area contributed by atoms with Gasteiger partial charge in [0.1, 0.15) is 0 Å². The lowest BCUT2D eigenvalue weighted by molar-refractivity contribution is 0.543. The van der Waals surface area contributed by atoms with Gasteiger partial charge in [0.05, 0.1) is 0 Å². The SMILES string of the molecule is Cc1ccc(C)c2c(C(C)(C)C)c(CNCC(C)C)sc12. The molecular formula is C19H29NS. The molecule has 0 atom stereocenters. The summed E-state index contributed by atoms with van der Waals surface area (Å²) in [6, 6.07) is 4.52. The predicted octanol–water partition coefficient (Wildman–Crippen LogP) is 5.56. The van der Waals surface area contributed by atoms with Crippen LogP contribution in [0.5, 0.6) is 0 Å². The molecule has 0 amide bonds. The van der Waals surface area contributed by atoms with E-state index in [0.717, 1.165) is 13.1 Å². The molecule has 2 rings (SSSR count). The number of fused-ring (bicyclic) bond motifs is 1. The van der Waals surface area contributed by atoms with Gasteiger partial charge in [0.2, 0.25) is 0 Å². The molecule has 21 heavy (non-hydrogen) atoms. The van der Waals surface area contributed by atoms with E-state index >= 15 is 0 Å². The maximum Gasteiger partial charge on any atom is 0.0381 e. The Morgan fingerprint density at radius 3 is 2.29 bits per heavy atom. The van der Waals surface area contributed by atoms with Crippen molar-refractivity contribution in [1.82, 2.24) is 5.32 Å². The molecule has 0 spiro atoms. The van der Waals surface area contributed by atoms with Crippen LogP contribution in [0, 0.1) is 19.8 Å². The van der Waals surface area contributed by atoms with E-state index < -0.39 is 0 Å². The Balaban J connectivity index is 2.54. The van der Waals surface area contributed by atoms with Crippen molar-refractivity contribution < 1.29 is 0 Å². The summed E-state index contributed by atoms with van der Waals surface area (Å²) in [4.78, 5) is 1.51. The minimum Gasteiger partial charge on any atom is -0.312 e. The summed E-state index contributed by atoms with van der Waals surface area (Å²) in [6.45, 7) is 18.1. The topological polar surface area (TPSA) is 12.0 Å². The second-order valence-corrected chi connectivity index (χ2v) is 8.68. The largest absolute Gasteiger partial charge is 0.312 e. The average molecular weight is 304 g/mol. The molecule has 0 unspecified atom stereocenters. The van der Waals surface area contributed by atoms with Crippen LogP contribution in [-0.2, 0) is 12.0 Å². The summed E-state index contributed by atoms with van der Waals surface area (Å²) in [6.07, 6.45) is 0. The van der Waals surface area contributed by atoms with Crippen molar-refractivity contribution in [2.24, 2.45) is 5.92 Å². The zero-order valence-electron chi connectivity index (χ0n) is 14.6. The van der Waals surface area contributed by atoms with Crippen molar-refractivity contribution in [3.63, 3.8) is 0 Å². The van der Waals surface area contributed by atoms with E-state index in [-0.39, 0.29) is 5.41 Å². The van der Waals surface area contributed by atoms with Crippen molar-refractivity contribution in [1.29, 1.82) is 0 Å². The van der Waals surface area contributed by atoms with Crippen LogP contribution in [0.3, 0.4) is 0 Å². The molecule has 0 aliphatic rings. The lowest BCUT2D eigenvalue weighted by Gasteiger charge is -2.22. The third-order valence-corrected chi connectivity index (χ3v) is 5.23. The van der Waals surface area contributed by atoms with E-state index in [4.69, 9.17) is 0 Å². The van der Waals surface area contributed by atoms with Crippen LogP contribution in [-0.4, -0.2) is 6.54 Å². The molecule has 0 radical (unpaired) electrons. The van der Waals surface area contributed by atoms with Gasteiger partial charge >= 0.3 is 0 Å². The Kier molecular flexibility index (Phi) is 4.79. The van der Waals surface area contributed by atoms with Crippen LogP contribution in [0.1, 0.15) is 56.2 Å². The molecule has 0 fully saturated rings. The first kappa shape index (κ1) is 16.5. The van der Waals surface area contributed by atoms with E-state index in [0.29, 0.717) is 5.92 Å². The Morgan fingerprint density at radius 2 is 1.71 bits per heavy atom. The molecule has 0 bridgehead atoms. The fourth-order valence-corrected chi connectivity index (χ4v) is 4.46.